The van der Waals surface area contributed by atoms with Gasteiger partial charge in [-0.05, 0) is 55.8 Å². The molecule has 4 rings (SSSR count). The normalized spacial score (nSPS) is 16.9. The lowest BCUT2D eigenvalue weighted by Gasteiger charge is -2.26. The molecule has 7 nitrogen and oxygen atoms in total. The highest BCUT2D eigenvalue weighted by Crippen LogP contribution is 2.45. The third-order valence-electron chi connectivity index (χ3n) is 5.76. The second-order valence-electron chi connectivity index (χ2n) is 8.69. The largest absolute Gasteiger partial charge is 0.496 e. The van der Waals surface area contributed by atoms with Gasteiger partial charge in [0.2, 0.25) is 0 Å². The number of amides is 1. The molecule has 35 heavy (non-hydrogen) atoms. The minimum Gasteiger partial charge on any atom is -0.496 e. The van der Waals surface area contributed by atoms with Crippen LogP contribution in [0.25, 0.3) is 0 Å². The predicted molar refractivity (Wildman–Crippen MR) is 132 cm³/mol. The molecule has 1 unspecified atom stereocenters. The summed E-state index contributed by atoms with van der Waals surface area (Å²) >= 11 is 0. The molecule has 0 aromatic heterocycles. The van der Waals surface area contributed by atoms with Crippen molar-refractivity contribution in [2.24, 2.45) is 0 Å². The molecule has 0 N–H and O–H groups in total. The van der Waals surface area contributed by atoms with E-state index in [1.165, 1.54) is 0 Å². The van der Waals surface area contributed by atoms with Gasteiger partial charge in [-0.1, -0.05) is 36.4 Å². The van der Waals surface area contributed by atoms with Gasteiger partial charge in [0.05, 0.1) is 19.3 Å². The summed E-state index contributed by atoms with van der Waals surface area (Å²) in [6, 6.07) is 22.8. The summed E-state index contributed by atoms with van der Waals surface area (Å²) in [5.74, 6) is 2.56. The fraction of sp³-hybridized carbons (Fsp3) is 0.321. The maximum absolute atomic E-state index is 13.4. The number of ether oxygens (including phenoxy) is 5. The fourth-order valence-corrected chi connectivity index (χ4v) is 4.01. The summed E-state index contributed by atoms with van der Waals surface area (Å²) in [6.45, 7) is 4.71. The van der Waals surface area contributed by atoms with E-state index in [1.54, 1.807) is 33.0 Å². The van der Waals surface area contributed by atoms with E-state index < -0.39 is 11.8 Å². The number of hydrogen-bond acceptors (Lipinski definition) is 6. The first kappa shape index (κ1) is 24.6. The summed E-state index contributed by atoms with van der Waals surface area (Å²) in [4.78, 5) is 15.1. The van der Waals surface area contributed by atoms with Gasteiger partial charge in [0.25, 0.3) is 5.91 Å². The third-order valence-corrected chi connectivity index (χ3v) is 5.76. The van der Waals surface area contributed by atoms with Crippen LogP contribution in [-0.4, -0.2) is 43.8 Å². The van der Waals surface area contributed by atoms with Crippen LogP contribution in [0.1, 0.15) is 31.2 Å². The van der Waals surface area contributed by atoms with Gasteiger partial charge in [0, 0.05) is 13.7 Å². The Balaban J connectivity index is 1.60. The molecule has 1 aliphatic heterocycles. The van der Waals surface area contributed by atoms with Crippen molar-refractivity contribution in [1.29, 1.82) is 0 Å². The number of hydrogen-bond donors (Lipinski definition) is 0. The Morgan fingerprint density at radius 3 is 2.23 bits per heavy atom. The number of nitrogens with zero attached hydrogens (tertiary/aromatic N) is 1. The average Bonchev–Trinajstić information content (AvgIpc) is 3.09. The Bertz CT molecular complexity index is 1130. The molecule has 1 amide bonds. The van der Waals surface area contributed by atoms with E-state index >= 15 is 0 Å². The van der Waals surface area contributed by atoms with Crippen molar-refractivity contribution in [2.45, 2.75) is 32.2 Å². The highest BCUT2D eigenvalue weighted by molar-refractivity contribution is 5.86. The molecule has 0 radical (unpaired) electrons. The number of carbonyl (C=O) groups is 1. The molecule has 1 heterocycles. The Labute approximate surface area is 206 Å². The SMILES string of the molecule is COCCOc1cccc(OC)c1C1OC(C)(C)C(=O)N1Cc1ccc(Oc2ccccc2)cc1. The summed E-state index contributed by atoms with van der Waals surface area (Å²) < 4.78 is 28.9. The van der Waals surface area contributed by atoms with Crippen molar-refractivity contribution in [1.82, 2.24) is 4.90 Å². The standard InChI is InChI=1S/C28H31NO6/c1-28(2)27(30)29(19-20-13-15-22(16-14-20)34-21-9-6-5-7-10-21)26(35-28)25-23(32-4)11-8-12-24(25)33-18-17-31-3/h5-16,26H,17-19H2,1-4H3. The zero-order valence-corrected chi connectivity index (χ0v) is 20.5. The lowest BCUT2D eigenvalue weighted by molar-refractivity contribution is -0.134. The molecule has 184 valence electrons. The minimum absolute atomic E-state index is 0.110. The van der Waals surface area contributed by atoms with Crippen LogP contribution in [0.3, 0.4) is 0 Å². The number of para-hydroxylation sites is 1. The molecule has 1 aliphatic rings. The first-order valence-electron chi connectivity index (χ1n) is 11.5. The summed E-state index contributed by atoms with van der Waals surface area (Å²) in [6.07, 6.45) is -0.675. The van der Waals surface area contributed by atoms with E-state index in [0.29, 0.717) is 36.8 Å². The van der Waals surface area contributed by atoms with Crippen molar-refractivity contribution < 1.29 is 28.5 Å². The molecular formula is C28H31NO6. The van der Waals surface area contributed by atoms with E-state index in [0.717, 1.165) is 17.1 Å². The van der Waals surface area contributed by atoms with Gasteiger partial charge in [0.15, 0.2) is 6.23 Å². The van der Waals surface area contributed by atoms with Gasteiger partial charge in [-0.2, -0.15) is 0 Å². The van der Waals surface area contributed by atoms with Crippen molar-refractivity contribution in [3.63, 3.8) is 0 Å². The molecule has 3 aromatic carbocycles. The number of benzene rings is 3. The van der Waals surface area contributed by atoms with Crippen molar-refractivity contribution in [3.8, 4) is 23.0 Å². The predicted octanol–water partition coefficient (Wildman–Crippen LogP) is 5.35. The molecule has 0 spiro atoms. The first-order chi connectivity index (χ1) is 16.9. The van der Waals surface area contributed by atoms with Crippen LogP contribution in [0.5, 0.6) is 23.0 Å². The Kier molecular flexibility index (Phi) is 7.58. The Morgan fingerprint density at radius 1 is 0.857 bits per heavy atom. The summed E-state index contributed by atoms with van der Waals surface area (Å²) in [5.41, 5.74) is 0.627. The van der Waals surface area contributed by atoms with Crippen LogP contribution in [0.2, 0.25) is 0 Å². The van der Waals surface area contributed by atoms with E-state index in [2.05, 4.69) is 0 Å². The van der Waals surface area contributed by atoms with Gasteiger partial charge >= 0.3 is 0 Å². The molecule has 0 saturated carbocycles. The number of methoxy groups -OCH3 is 2. The smallest absolute Gasteiger partial charge is 0.256 e. The van der Waals surface area contributed by atoms with Crippen LogP contribution >= 0.6 is 0 Å². The zero-order valence-electron chi connectivity index (χ0n) is 20.5. The molecular weight excluding hydrogens is 446 g/mol. The van der Waals surface area contributed by atoms with Crippen molar-refractivity contribution >= 4 is 5.91 Å². The van der Waals surface area contributed by atoms with Crippen LogP contribution in [-0.2, 0) is 20.8 Å². The maximum atomic E-state index is 13.4. The zero-order chi connectivity index (χ0) is 24.8. The number of rotatable bonds is 10. The summed E-state index contributed by atoms with van der Waals surface area (Å²) in [5, 5.41) is 0. The van der Waals surface area contributed by atoms with Gasteiger partial charge in [-0.25, -0.2) is 0 Å². The van der Waals surface area contributed by atoms with Crippen molar-refractivity contribution in [2.75, 3.05) is 27.4 Å². The van der Waals surface area contributed by atoms with Crippen molar-refractivity contribution in [3.05, 3.63) is 83.9 Å². The quantitative estimate of drug-likeness (QED) is 0.367. The highest BCUT2D eigenvalue weighted by Gasteiger charge is 2.48. The maximum Gasteiger partial charge on any atom is 0.256 e. The Morgan fingerprint density at radius 2 is 1.54 bits per heavy atom. The Hall–Kier alpha value is -3.55. The molecule has 1 atom stereocenters. The molecule has 0 bridgehead atoms. The lowest BCUT2D eigenvalue weighted by atomic mass is 10.1. The van der Waals surface area contributed by atoms with Gasteiger partial charge in [0.1, 0.15) is 35.2 Å². The van der Waals surface area contributed by atoms with Gasteiger partial charge in [-0.3, -0.25) is 4.79 Å². The van der Waals surface area contributed by atoms with E-state index in [1.807, 2.05) is 72.8 Å². The molecule has 7 heteroatoms. The minimum atomic E-state index is -0.994. The second-order valence-corrected chi connectivity index (χ2v) is 8.69. The van der Waals surface area contributed by atoms with E-state index in [9.17, 15) is 4.79 Å². The third kappa shape index (κ3) is 5.58. The second kappa shape index (κ2) is 10.8. The van der Waals surface area contributed by atoms with E-state index in [-0.39, 0.29) is 5.91 Å². The van der Waals surface area contributed by atoms with Crippen LogP contribution in [0.4, 0.5) is 0 Å². The molecule has 3 aromatic rings. The van der Waals surface area contributed by atoms with Crippen LogP contribution in [0.15, 0.2) is 72.8 Å². The molecule has 1 fully saturated rings. The highest BCUT2D eigenvalue weighted by atomic mass is 16.6. The number of carbonyl (C=O) groups excluding carboxylic acids is 1. The molecule has 1 saturated heterocycles. The van der Waals surface area contributed by atoms with Gasteiger partial charge in [-0.15, -0.1) is 0 Å². The monoisotopic (exact) mass is 477 g/mol. The molecule has 0 aliphatic carbocycles. The lowest BCUT2D eigenvalue weighted by Crippen LogP contribution is -2.35. The van der Waals surface area contributed by atoms with Crippen LogP contribution in [0, 0.1) is 0 Å². The summed E-state index contributed by atoms with van der Waals surface area (Å²) in [7, 11) is 3.21. The van der Waals surface area contributed by atoms with Crippen LogP contribution < -0.4 is 14.2 Å². The average molecular weight is 478 g/mol. The van der Waals surface area contributed by atoms with Gasteiger partial charge < -0.3 is 28.6 Å². The first-order valence-corrected chi connectivity index (χ1v) is 11.5. The van der Waals surface area contributed by atoms with E-state index in [4.69, 9.17) is 23.7 Å². The topological polar surface area (TPSA) is 66.5 Å². The fourth-order valence-electron chi connectivity index (χ4n) is 4.01.